The van der Waals surface area contributed by atoms with Crippen molar-refractivity contribution in [3.8, 4) is 11.3 Å². The number of nitrogens with zero attached hydrogens (tertiary/aromatic N) is 1. The maximum absolute atomic E-state index is 12.8. The zero-order valence-corrected chi connectivity index (χ0v) is 14.1. The Morgan fingerprint density at radius 3 is 2.62 bits per heavy atom. The van der Waals surface area contributed by atoms with Gasteiger partial charge in [-0.15, -0.1) is 0 Å². The largest absolute Gasteiger partial charge is 0.441 e. The number of aromatic nitrogens is 1. The van der Waals surface area contributed by atoms with E-state index in [1.165, 1.54) is 0 Å². The number of hydrogen-bond donors (Lipinski definition) is 2. The third-order valence-electron chi connectivity index (χ3n) is 4.51. The maximum Gasteiger partial charge on any atom is 0.233 e. The van der Waals surface area contributed by atoms with Gasteiger partial charge in [0, 0.05) is 25.3 Å². The van der Waals surface area contributed by atoms with Crippen molar-refractivity contribution in [2.75, 3.05) is 32.1 Å². The molecule has 2 aromatic rings. The minimum atomic E-state index is -0.458. The van der Waals surface area contributed by atoms with E-state index in [-0.39, 0.29) is 5.91 Å². The van der Waals surface area contributed by atoms with Crippen LogP contribution in [0.2, 0.25) is 0 Å². The molecule has 128 valence electrons. The summed E-state index contributed by atoms with van der Waals surface area (Å²) >= 11 is 0. The molecule has 0 aliphatic carbocycles. The van der Waals surface area contributed by atoms with Crippen LogP contribution in [0.4, 0.5) is 5.69 Å². The zero-order valence-electron chi connectivity index (χ0n) is 14.1. The van der Waals surface area contributed by atoms with Gasteiger partial charge in [-0.1, -0.05) is 0 Å². The highest BCUT2D eigenvalue weighted by molar-refractivity contribution is 5.95. The summed E-state index contributed by atoms with van der Waals surface area (Å²) in [6.07, 6.45) is 3.26. The molecule has 0 saturated carbocycles. The quantitative estimate of drug-likeness (QED) is 0.882. The lowest BCUT2D eigenvalue weighted by Gasteiger charge is -2.35. The molecule has 1 fully saturated rings. The van der Waals surface area contributed by atoms with Crippen LogP contribution in [0, 0.1) is 12.3 Å². The van der Waals surface area contributed by atoms with E-state index < -0.39 is 5.41 Å². The molecule has 0 spiro atoms. The van der Waals surface area contributed by atoms with Gasteiger partial charge >= 0.3 is 0 Å². The first-order chi connectivity index (χ1) is 11.6. The average Bonchev–Trinajstić information content (AvgIpc) is 3.03. The number of methoxy groups -OCH3 is 1. The Hall–Kier alpha value is -2.18. The van der Waals surface area contributed by atoms with Crippen molar-refractivity contribution in [2.24, 2.45) is 5.41 Å². The SMILES string of the molecule is COCC1(C(=O)Nc2ccc(-c3cnc(C)o3)cc2)CCNCC1. The predicted molar refractivity (Wildman–Crippen MR) is 91.7 cm³/mol. The smallest absolute Gasteiger partial charge is 0.233 e. The number of carbonyl (C=O) groups excluding carboxylic acids is 1. The Kier molecular flexibility index (Phi) is 4.97. The number of ether oxygens (including phenoxy) is 1. The van der Waals surface area contributed by atoms with Crippen molar-refractivity contribution >= 4 is 11.6 Å². The summed E-state index contributed by atoms with van der Waals surface area (Å²) in [6.45, 7) is 3.92. The Morgan fingerprint density at radius 2 is 2.04 bits per heavy atom. The number of aryl methyl sites for hydroxylation is 1. The molecule has 2 N–H and O–H groups in total. The summed E-state index contributed by atoms with van der Waals surface area (Å²) in [6, 6.07) is 7.60. The maximum atomic E-state index is 12.8. The molecule has 1 aromatic carbocycles. The number of amides is 1. The first-order valence-corrected chi connectivity index (χ1v) is 8.17. The van der Waals surface area contributed by atoms with Gasteiger partial charge in [-0.05, 0) is 50.2 Å². The van der Waals surface area contributed by atoms with Crippen LogP contribution in [0.15, 0.2) is 34.9 Å². The second-order valence-corrected chi connectivity index (χ2v) is 6.24. The van der Waals surface area contributed by atoms with Gasteiger partial charge in [0.15, 0.2) is 11.7 Å². The number of rotatable bonds is 5. The third-order valence-corrected chi connectivity index (χ3v) is 4.51. The first kappa shape index (κ1) is 16.7. The van der Waals surface area contributed by atoms with Crippen LogP contribution in [0.5, 0.6) is 0 Å². The molecule has 1 saturated heterocycles. The monoisotopic (exact) mass is 329 g/mol. The average molecular weight is 329 g/mol. The molecule has 3 rings (SSSR count). The molecular weight excluding hydrogens is 306 g/mol. The fraction of sp³-hybridized carbons (Fsp3) is 0.444. The molecule has 1 amide bonds. The van der Waals surface area contributed by atoms with E-state index in [0.29, 0.717) is 12.5 Å². The summed E-state index contributed by atoms with van der Waals surface area (Å²) in [4.78, 5) is 16.9. The summed E-state index contributed by atoms with van der Waals surface area (Å²) in [5.41, 5.74) is 1.25. The van der Waals surface area contributed by atoms with Crippen molar-refractivity contribution in [1.29, 1.82) is 0 Å². The van der Waals surface area contributed by atoms with Crippen LogP contribution in [0.25, 0.3) is 11.3 Å². The molecule has 0 bridgehead atoms. The van der Waals surface area contributed by atoms with Gasteiger partial charge < -0.3 is 19.8 Å². The van der Waals surface area contributed by atoms with Crippen molar-refractivity contribution in [3.05, 3.63) is 36.4 Å². The molecule has 6 nitrogen and oxygen atoms in total. The van der Waals surface area contributed by atoms with E-state index in [4.69, 9.17) is 9.15 Å². The summed E-state index contributed by atoms with van der Waals surface area (Å²) in [7, 11) is 1.64. The fourth-order valence-electron chi connectivity index (χ4n) is 3.09. The van der Waals surface area contributed by atoms with Crippen molar-refractivity contribution in [2.45, 2.75) is 19.8 Å². The molecule has 1 aliphatic rings. The number of carbonyl (C=O) groups is 1. The molecule has 2 heterocycles. The molecular formula is C18H23N3O3. The number of nitrogens with one attached hydrogen (secondary N) is 2. The Bertz CT molecular complexity index is 682. The summed E-state index contributed by atoms with van der Waals surface area (Å²) < 4.78 is 10.8. The lowest BCUT2D eigenvalue weighted by atomic mass is 9.78. The topological polar surface area (TPSA) is 76.4 Å². The number of benzene rings is 1. The molecule has 6 heteroatoms. The summed E-state index contributed by atoms with van der Waals surface area (Å²) in [5.74, 6) is 1.38. The lowest BCUT2D eigenvalue weighted by molar-refractivity contribution is -0.130. The van der Waals surface area contributed by atoms with E-state index in [9.17, 15) is 4.79 Å². The molecule has 0 atom stereocenters. The summed E-state index contributed by atoms with van der Waals surface area (Å²) in [5, 5.41) is 6.32. The van der Waals surface area contributed by atoms with Gasteiger partial charge in [-0.2, -0.15) is 0 Å². The molecule has 0 unspecified atom stereocenters. The van der Waals surface area contributed by atoms with Gasteiger partial charge in [0.25, 0.3) is 0 Å². The highest BCUT2D eigenvalue weighted by atomic mass is 16.5. The Labute approximate surface area is 141 Å². The van der Waals surface area contributed by atoms with Crippen molar-refractivity contribution in [1.82, 2.24) is 10.3 Å². The first-order valence-electron chi connectivity index (χ1n) is 8.17. The highest BCUT2D eigenvalue weighted by Crippen LogP contribution is 2.31. The predicted octanol–water partition coefficient (Wildman–Crippen LogP) is 2.60. The fourth-order valence-corrected chi connectivity index (χ4v) is 3.09. The van der Waals surface area contributed by atoms with Crippen LogP contribution < -0.4 is 10.6 Å². The van der Waals surface area contributed by atoms with Gasteiger partial charge in [0.05, 0.1) is 18.2 Å². The van der Waals surface area contributed by atoms with Crippen LogP contribution in [0.3, 0.4) is 0 Å². The minimum absolute atomic E-state index is 0.0223. The van der Waals surface area contributed by atoms with Crippen molar-refractivity contribution in [3.63, 3.8) is 0 Å². The molecule has 1 aromatic heterocycles. The van der Waals surface area contributed by atoms with E-state index >= 15 is 0 Å². The van der Waals surface area contributed by atoms with E-state index in [0.717, 1.165) is 42.9 Å². The molecule has 1 aliphatic heterocycles. The number of oxazole rings is 1. The molecule has 24 heavy (non-hydrogen) atoms. The standard InChI is InChI=1S/C18H23N3O3/c1-13-20-11-16(24-13)14-3-5-15(6-4-14)21-17(22)18(12-23-2)7-9-19-10-8-18/h3-6,11,19H,7-10,12H2,1-2H3,(H,21,22). The highest BCUT2D eigenvalue weighted by Gasteiger charge is 2.39. The molecule has 0 radical (unpaired) electrons. The second kappa shape index (κ2) is 7.15. The lowest BCUT2D eigenvalue weighted by Crippen LogP contribution is -2.47. The van der Waals surface area contributed by atoms with Gasteiger partial charge in [-0.3, -0.25) is 4.79 Å². The normalized spacial score (nSPS) is 16.8. The van der Waals surface area contributed by atoms with E-state index in [1.54, 1.807) is 13.3 Å². The van der Waals surface area contributed by atoms with Gasteiger partial charge in [-0.25, -0.2) is 4.98 Å². The second-order valence-electron chi connectivity index (χ2n) is 6.24. The van der Waals surface area contributed by atoms with Gasteiger partial charge in [0.1, 0.15) is 0 Å². The van der Waals surface area contributed by atoms with E-state index in [2.05, 4.69) is 15.6 Å². The van der Waals surface area contributed by atoms with Crippen LogP contribution in [0.1, 0.15) is 18.7 Å². The number of hydrogen-bond acceptors (Lipinski definition) is 5. The Morgan fingerprint density at radius 1 is 1.33 bits per heavy atom. The number of piperidine rings is 1. The Balaban J connectivity index is 1.71. The van der Waals surface area contributed by atoms with E-state index in [1.807, 2.05) is 31.2 Å². The minimum Gasteiger partial charge on any atom is -0.441 e. The number of anilines is 1. The van der Waals surface area contributed by atoms with Crippen molar-refractivity contribution < 1.29 is 13.9 Å². The zero-order chi connectivity index (χ0) is 17.0. The third kappa shape index (κ3) is 3.49. The van der Waals surface area contributed by atoms with Crippen LogP contribution in [-0.2, 0) is 9.53 Å². The van der Waals surface area contributed by atoms with Crippen LogP contribution in [-0.4, -0.2) is 37.7 Å². The van der Waals surface area contributed by atoms with Gasteiger partial charge in [0.2, 0.25) is 5.91 Å². The van der Waals surface area contributed by atoms with Crippen LogP contribution >= 0.6 is 0 Å².